The number of nitrogens with one attached hydrogen (secondary N) is 2. The van der Waals surface area contributed by atoms with E-state index in [0.717, 1.165) is 5.56 Å². The second kappa shape index (κ2) is 8.02. The molecule has 0 amide bonds. The number of fused-ring (bicyclic) bond motifs is 1. The maximum absolute atomic E-state index is 12.8. The molecule has 1 aliphatic heterocycles. The van der Waals surface area contributed by atoms with Crippen molar-refractivity contribution in [2.45, 2.75) is 39.3 Å². The molecule has 2 heterocycles. The minimum atomic E-state index is -0.484. The summed E-state index contributed by atoms with van der Waals surface area (Å²) in [5.74, 6) is 0.737. The lowest BCUT2D eigenvalue weighted by atomic mass is 9.86. The second-order valence-corrected chi connectivity index (χ2v) is 9.30. The summed E-state index contributed by atoms with van der Waals surface area (Å²) in [6.07, 6.45) is -0.484. The van der Waals surface area contributed by atoms with Gasteiger partial charge in [0.15, 0.2) is 0 Å². The number of halogens is 2. The largest absolute Gasteiger partial charge is 0.331 e. The number of guanidine groups is 1. The third-order valence-electron chi connectivity index (χ3n) is 5.10. The van der Waals surface area contributed by atoms with E-state index in [4.69, 9.17) is 23.2 Å². The van der Waals surface area contributed by atoms with Gasteiger partial charge >= 0.3 is 0 Å². The van der Waals surface area contributed by atoms with E-state index >= 15 is 0 Å². The zero-order chi connectivity index (χ0) is 22.3. The van der Waals surface area contributed by atoms with Crippen LogP contribution in [0, 0.1) is 6.92 Å². The Morgan fingerprint density at radius 3 is 2.48 bits per heavy atom. The number of anilines is 1. The van der Waals surface area contributed by atoms with Crippen LogP contribution < -0.4 is 16.2 Å². The Morgan fingerprint density at radius 2 is 1.81 bits per heavy atom. The molecule has 2 N–H and O–H groups in total. The smallest absolute Gasteiger partial charge is 0.257 e. The topological polar surface area (TPSA) is 71.3 Å². The van der Waals surface area contributed by atoms with Crippen molar-refractivity contribution in [2.75, 3.05) is 5.32 Å². The molecule has 1 atom stereocenters. The molecule has 1 unspecified atom stereocenters. The molecular weight excluding hydrogens is 433 g/mol. The van der Waals surface area contributed by atoms with Gasteiger partial charge in [-0.1, -0.05) is 74.3 Å². The molecule has 3 aromatic rings. The molecule has 6 nitrogen and oxygen atoms in total. The van der Waals surface area contributed by atoms with E-state index < -0.39 is 6.17 Å². The Labute approximate surface area is 191 Å². The molecule has 1 aromatic heterocycles. The molecule has 31 heavy (non-hydrogen) atoms. The van der Waals surface area contributed by atoms with Gasteiger partial charge in [-0.05, 0) is 35.6 Å². The Bertz CT molecular complexity index is 1230. The highest BCUT2D eigenvalue weighted by atomic mass is 35.5. The first-order chi connectivity index (χ1) is 14.6. The summed E-state index contributed by atoms with van der Waals surface area (Å²) < 4.78 is 1.55. The lowest BCUT2D eigenvalue weighted by molar-refractivity contribution is 0.512. The van der Waals surface area contributed by atoms with Crippen LogP contribution in [-0.4, -0.2) is 15.5 Å². The average molecular weight is 456 g/mol. The summed E-state index contributed by atoms with van der Waals surface area (Å²) in [6, 6.07) is 15.0. The maximum Gasteiger partial charge on any atom is 0.257 e. The van der Waals surface area contributed by atoms with E-state index in [1.165, 1.54) is 11.6 Å². The monoisotopic (exact) mass is 455 g/mol. The maximum atomic E-state index is 12.8. The van der Waals surface area contributed by atoms with Crippen molar-refractivity contribution in [2.24, 2.45) is 4.99 Å². The number of benzene rings is 2. The van der Waals surface area contributed by atoms with Crippen LogP contribution in [0.5, 0.6) is 0 Å². The van der Waals surface area contributed by atoms with Crippen molar-refractivity contribution in [1.82, 2.24) is 14.9 Å². The number of aliphatic imine (C=N–C) groups is 1. The number of nitrogens with zero attached hydrogens (tertiary/aromatic N) is 3. The predicted octanol–water partition coefficient (Wildman–Crippen LogP) is 5.41. The van der Waals surface area contributed by atoms with Gasteiger partial charge in [0.1, 0.15) is 6.17 Å². The summed E-state index contributed by atoms with van der Waals surface area (Å²) in [5.41, 5.74) is 3.18. The van der Waals surface area contributed by atoms with Gasteiger partial charge in [-0.25, -0.2) is 4.98 Å². The summed E-state index contributed by atoms with van der Waals surface area (Å²) in [5, 5.41) is 7.29. The third-order valence-corrected chi connectivity index (χ3v) is 5.92. The zero-order valence-corrected chi connectivity index (χ0v) is 19.2. The van der Waals surface area contributed by atoms with Crippen molar-refractivity contribution in [3.8, 4) is 0 Å². The fraction of sp³-hybridized carbons (Fsp3) is 0.261. The zero-order valence-electron chi connectivity index (χ0n) is 17.7. The molecule has 0 saturated heterocycles. The third kappa shape index (κ3) is 4.31. The van der Waals surface area contributed by atoms with E-state index in [0.29, 0.717) is 33.3 Å². The minimum Gasteiger partial charge on any atom is -0.331 e. The molecule has 1 aliphatic rings. The van der Waals surface area contributed by atoms with Gasteiger partial charge in [0.25, 0.3) is 5.56 Å². The normalized spacial score (nSPS) is 15.7. The summed E-state index contributed by atoms with van der Waals surface area (Å²) in [4.78, 5) is 21.8. The molecule has 2 aromatic carbocycles. The minimum absolute atomic E-state index is 0.0312. The van der Waals surface area contributed by atoms with E-state index in [-0.39, 0.29) is 11.0 Å². The standard InChI is InChI=1S/C23H23Cl2N5O/c1-13-12-18(31)30-20(14-8-10-15(11-9-14)23(2,3)4)28-21(29-22(30)26-13)27-17-7-5-6-16(24)19(17)25/h5-12,20H,1-4H3,(H2,26,27,28,29). The summed E-state index contributed by atoms with van der Waals surface area (Å²) in [7, 11) is 0. The van der Waals surface area contributed by atoms with Crippen molar-refractivity contribution in [3.63, 3.8) is 0 Å². The molecule has 0 bridgehead atoms. The van der Waals surface area contributed by atoms with E-state index in [9.17, 15) is 4.79 Å². The van der Waals surface area contributed by atoms with Crippen LogP contribution >= 0.6 is 23.2 Å². The Kier molecular flexibility index (Phi) is 5.54. The molecule has 0 radical (unpaired) electrons. The van der Waals surface area contributed by atoms with Crippen LogP contribution in [0.3, 0.4) is 0 Å². The summed E-state index contributed by atoms with van der Waals surface area (Å²) in [6.45, 7) is 8.26. The predicted molar refractivity (Wildman–Crippen MR) is 127 cm³/mol. The molecule has 0 spiro atoms. The molecule has 4 rings (SSSR count). The van der Waals surface area contributed by atoms with Crippen molar-refractivity contribution in [1.29, 1.82) is 0 Å². The number of hydrogen-bond donors (Lipinski definition) is 2. The SMILES string of the molecule is Cc1cc(=O)n2c(n1)N=C(Nc1cccc(Cl)c1Cl)NC2c1ccc(C(C)(C)C)cc1. The molecule has 8 heteroatoms. The fourth-order valence-electron chi connectivity index (χ4n) is 3.43. The van der Waals surface area contributed by atoms with Crippen molar-refractivity contribution in [3.05, 3.63) is 85.8 Å². The fourth-order valence-corrected chi connectivity index (χ4v) is 3.78. The lowest BCUT2D eigenvalue weighted by Crippen LogP contribution is -2.44. The first kappa shape index (κ1) is 21.4. The van der Waals surface area contributed by atoms with Crippen LogP contribution in [0.2, 0.25) is 10.0 Å². The van der Waals surface area contributed by atoms with Crippen LogP contribution in [0.1, 0.15) is 43.8 Å². The van der Waals surface area contributed by atoms with Crippen LogP contribution in [-0.2, 0) is 5.41 Å². The van der Waals surface area contributed by atoms with Gasteiger partial charge in [0.2, 0.25) is 11.9 Å². The van der Waals surface area contributed by atoms with Gasteiger partial charge in [-0.2, -0.15) is 4.99 Å². The number of aryl methyl sites for hydroxylation is 1. The quantitative estimate of drug-likeness (QED) is 0.541. The summed E-state index contributed by atoms with van der Waals surface area (Å²) >= 11 is 12.5. The van der Waals surface area contributed by atoms with E-state index in [1.54, 1.807) is 29.7 Å². The number of rotatable bonds is 2. The average Bonchev–Trinajstić information content (AvgIpc) is 2.70. The highest BCUT2D eigenvalue weighted by Crippen LogP contribution is 2.31. The van der Waals surface area contributed by atoms with Crippen molar-refractivity contribution < 1.29 is 0 Å². The Hall–Kier alpha value is -2.83. The lowest BCUT2D eigenvalue weighted by Gasteiger charge is -2.29. The first-order valence-corrected chi connectivity index (χ1v) is 10.7. The molecule has 0 aliphatic carbocycles. The van der Waals surface area contributed by atoms with Gasteiger partial charge < -0.3 is 10.6 Å². The van der Waals surface area contributed by atoms with Gasteiger partial charge in [-0.3, -0.25) is 9.36 Å². The van der Waals surface area contributed by atoms with Gasteiger partial charge in [-0.15, -0.1) is 0 Å². The molecule has 0 saturated carbocycles. The highest BCUT2D eigenvalue weighted by Gasteiger charge is 2.26. The molecule has 0 fully saturated rings. The van der Waals surface area contributed by atoms with Crippen molar-refractivity contribution >= 4 is 40.8 Å². The highest BCUT2D eigenvalue weighted by molar-refractivity contribution is 6.44. The first-order valence-electron chi connectivity index (χ1n) is 9.90. The van der Waals surface area contributed by atoms with Crippen LogP contribution in [0.15, 0.2) is 58.3 Å². The van der Waals surface area contributed by atoms with E-state index in [2.05, 4.69) is 53.5 Å². The Morgan fingerprint density at radius 1 is 1.10 bits per heavy atom. The van der Waals surface area contributed by atoms with Gasteiger partial charge in [0, 0.05) is 11.8 Å². The van der Waals surface area contributed by atoms with Gasteiger partial charge in [0.05, 0.1) is 15.7 Å². The second-order valence-electron chi connectivity index (χ2n) is 8.51. The Balaban J connectivity index is 1.78. The molecule has 160 valence electrons. The van der Waals surface area contributed by atoms with Crippen LogP contribution in [0.25, 0.3) is 0 Å². The molecular formula is C23H23Cl2N5O. The van der Waals surface area contributed by atoms with Crippen LogP contribution in [0.4, 0.5) is 11.6 Å². The number of hydrogen-bond acceptors (Lipinski definition) is 5. The number of aromatic nitrogens is 2. The van der Waals surface area contributed by atoms with E-state index in [1.807, 2.05) is 12.1 Å².